The number of hydrogen-bond donors (Lipinski definition) is 2. The van der Waals surface area contributed by atoms with Crippen molar-refractivity contribution in [2.45, 2.75) is 33.3 Å². The third kappa shape index (κ3) is 6.81. The summed E-state index contributed by atoms with van der Waals surface area (Å²) in [4.78, 5) is 23.9. The minimum atomic E-state index is -0.573. The molecule has 0 fully saturated rings. The van der Waals surface area contributed by atoms with Crippen LogP contribution in [-0.2, 0) is 9.53 Å². The lowest BCUT2D eigenvalue weighted by atomic mass is 10.1. The Labute approximate surface area is 154 Å². The van der Waals surface area contributed by atoms with E-state index in [1.807, 2.05) is 31.2 Å². The zero-order valence-corrected chi connectivity index (χ0v) is 15.5. The van der Waals surface area contributed by atoms with Gasteiger partial charge in [0.05, 0.1) is 0 Å². The van der Waals surface area contributed by atoms with E-state index in [4.69, 9.17) is 4.74 Å². The van der Waals surface area contributed by atoms with E-state index in [-0.39, 0.29) is 5.91 Å². The number of nitrogens with one attached hydrogen (secondary N) is 2. The molecule has 26 heavy (non-hydrogen) atoms. The minimum absolute atomic E-state index is 0.249. The largest absolute Gasteiger partial charge is 0.444 e. The van der Waals surface area contributed by atoms with Gasteiger partial charge in [-0.15, -0.1) is 0 Å². The summed E-state index contributed by atoms with van der Waals surface area (Å²) in [5.41, 5.74) is 2.64. The van der Waals surface area contributed by atoms with Crippen molar-refractivity contribution in [2.24, 2.45) is 0 Å². The van der Waals surface area contributed by atoms with Gasteiger partial charge in [0.25, 0.3) is 0 Å². The molecule has 2 N–H and O–H groups in total. The molecule has 0 aliphatic rings. The second kappa shape index (κ2) is 8.34. The first kappa shape index (κ1) is 19.2. The molecule has 0 radical (unpaired) electrons. The highest BCUT2D eigenvalue weighted by molar-refractivity contribution is 6.02. The SMILES string of the molecule is Cc1cccc(/C=C/C(=O)Nc2cccc(NC(=O)OC(C)(C)C)c2)c1. The van der Waals surface area contributed by atoms with Gasteiger partial charge in [-0.2, -0.15) is 0 Å². The lowest BCUT2D eigenvalue weighted by Crippen LogP contribution is -2.27. The fraction of sp³-hybridized carbons (Fsp3) is 0.238. The zero-order valence-electron chi connectivity index (χ0n) is 15.5. The summed E-state index contributed by atoms with van der Waals surface area (Å²) in [6, 6.07) is 14.8. The van der Waals surface area contributed by atoms with Gasteiger partial charge < -0.3 is 10.1 Å². The molecule has 2 rings (SSSR count). The summed E-state index contributed by atoms with van der Waals surface area (Å²) in [5.74, 6) is -0.249. The number of benzene rings is 2. The van der Waals surface area contributed by atoms with Crippen molar-refractivity contribution in [3.05, 3.63) is 65.7 Å². The summed E-state index contributed by atoms with van der Waals surface area (Å²) < 4.78 is 5.21. The maximum Gasteiger partial charge on any atom is 0.412 e. The van der Waals surface area contributed by atoms with Crippen molar-refractivity contribution in [3.8, 4) is 0 Å². The monoisotopic (exact) mass is 352 g/mol. The molecule has 0 spiro atoms. The van der Waals surface area contributed by atoms with Crippen LogP contribution in [0.25, 0.3) is 6.08 Å². The summed E-state index contributed by atoms with van der Waals surface area (Å²) >= 11 is 0. The Hall–Kier alpha value is -3.08. The van der Waals surface area contributed by atoms with Crippen LogP contribution in [0.2, 0.25) is 0 Å². The van der Waals surface area contributed by atoms with E-state index in [0.29, 0.717) is 11.4 Å². The molecule has 0 saturated carbocycles. The van der Waals surface area contributed by atoms with E-state index < -0.39 is 11.7 Å². The maximum atomic E-state index is 12.1. The Bertz CT molecular complexity index is 820. The van der Waals surface area contributed by atoms with Gasteiger partial charge in [-0.05, 0) is 57.5 Å². The van der Waals surface area contributed by atoms with Crippen LogP contribution in [0.1, 0.15) is 31.9 Å². The first-order valence-corrected chi connectivity index (χ1v) is 8.37. The summed E-state index contributed by atoms with van der Waals surface area (Å²) in [6.45, 7) is 7.39. The molecule has 0 aromatic heterocycles. The topological polar surface area (TPSA) is 67.4 Å². The minimum Gasteiger partial charge on any atom is -0.444 e. The van der Waals surface area contributed by atoms with Gasteiger partial charge in [0, 0.05) is 17.5 Å². The zero-order chi connectivity index (χ0) is 19.2. The average molecular weight is 352 g/mol. The fourth-order valence-corrected chi connectivity index (χ4v) is 2.23. The Morgan fingerprint density at radius 1 is 0.962 bits per heavy atom. The Morgan fingerprint density at radius 2 is 1.62 bits per heavy atom. The van der Waals surface area contributed by atoms with Crippen molar-refractivity contribution in [3.63, 3.8) is 0 Å². The van der Waals surface area contributed by atoms with Gasteiger partial charge in [0.1, 0.15) is 5.60 Å². The highest BCUT2D eigenvalue weighted by atomic mass is 16.6. The molecule has 5 nitrogen and oxygen atoms in total. The second-order valence-corrected chi connectivity index (χ2v) is 6.94. The molecule has 136 valence electrons. The van der Waals surface area contributed by atoms with E-state index in [0.717, 1.165) is 11.1 Å². The number of aryl methyl sites for hydroxylation is 1. The molecular formula is C21H24N2O3. The molecule has 0 atom stereocenters. The van der Waals surface area contributed by atoms with Crippen LogP contribution in [0, 0.1) is 6.92 Å². The second-order valence-electron chi connectivity index (χ2n) is 6.94. The van der Waals surface area contributed by atoms with Gasteiger partial charge in [-0.1, -0.05) is 35.9 Å². The van der Waals surface area contributed by atoms with E-state index in [1.165, 1.54) is 6.08 Å². The predicted molar refractivity (Wildman–Crippen MR) is 105 cm³/mol. The van der Waals surface area contributed by atoms with E-state index in [2.05, 4.69) is 10.6 Å². The highest BCUT2D eigenvalue weighted by Gasteiger charge is 2.16. The number of anilines is 2. The van der Waals surface area contributed by atoms with Crippen molar-refractivity contribution < 1.29 is 14.3 Å². The smallest absolute Gasteiger partial charge is 0.412 e. The van der Waals surface area contributed by atoms with E-state index in [9.17, 15) is 9.59 Å². The van der Waals surface area contributed by atoms with Crippen LogP contribution in [0.3, 0.4) is 0 Å². The number of ether oxygens (including phenoxy) is 1. The Morgan fingerprint density at radius 3 is 2.27 bits per heavy atom. The quantitative estimate of drug-likeness (QED) is 0.761. The summed E-state index contributed by atoms with van der Waals surface area (Å²) in [6.07, 6.45) is 2.69. The van der Waals surface area contributed by atoms with E-state index in [1.54, 1.807) is 51.1 Å². The first-order chi connectivity index (χ1) is 12.2. The lowest BCUT2D eigenvalue weighted by molar-refractivity contribution is -0.111. The molecule has 0 aliphatic carbocycles. The molecule has 2 aromatic carbocycles. The van der Waals surface area contributed by atoms with Crippen LogP contribution in [0.15, 0.2) is 54.6 Å². The molecular weight excluding hydrogens is 328 g/mol. The number of carbonyl (C=O) groups excluding carboxylic acids is 2. The molecule has 2 amide bonds. The Balaban J connectivity index is 1.97. The van der Waals surface area contributed by atoms with Gasteiger partial charge in [-0.25, -0.2) is 4.79 Å². The molecule has 5 heteroatoms. The standard InChI is InChI=1S/C21H24N2O3/c1-15-7-5-8-16(13-15)11-12-19(24)22-17-9-6-10-18(14-17)23-20(25)26-21(2,3)4/h5-14H,1-4H3,(H,22,24)(H,23,25)/b12-11+. The molecule has 0 unspecified atom stereocenters. The van der Waals surface area contributed by atoms with Crippen molar-refractivity contribution >= 4 is 29.5 Å². The van der Waals surface area contributed by atoms with Crippen LogP contribution >= 0.6 is 0 Å². The number of hydrogen-bond acceptors (Lipinski definition) is 3. The van der Waals surface area contributed by atoms with Gasteiger partial charge in [-0.3, -0.25) is 10.1 Å². The maximum absolute atomic E-state index is 12.1. The van der Waals surface area contributed by atoms with Crippen LogP contribution in [0.5, 0.6) is 0 Å². The summed E-state index contributed by atoms with van der Waals surface area (Å²) in [5, 5.41) is 5.42. The molecule has 0 aliphatic heterocycles. The number of carbonyl (C=O) groups is 2. The average Bonchev–Trinajstić information content (AvgIpc) is 2.51. The Kier molecular flexibility index (Phi) is 6.17. The number of amides is 2. The molecule has 0 heterocycles. The predicted octanol–water partition coefficient (Wildman–Crippen LogP) is 4.99. The fourth-order valence-electron chi connectivity index (χ4n) is 2.23. The van der Waals surface area contributed by atoms with E-state index >= 15 is 0 Å². The highest BCUT2D eigenvalue weighted by Crippen LogP contribution is 2.17. The van der Waals surface area contributed by atoms with Crippen molar-refractivity contribution in [2.75, 3.05) is 10.6 Å². The van der Waals surface area contributed by atoms with Crippen molar-refractivity contribution in [1.29, 1.82) is 0 Å². The summed E-state index contributed by atoms with van der Waals surface area (Å²) in [7, 11) is 0. The first-order valence-electron chi connectivity index (χ1n) is 8.37. The van der Waals surface area contributed by atoms with Crippen LogP contribution in [0.4, 0.5) is 16.2 Å². The molecule has 0 saturated heterocycles. The third-order valence-electron chi connectivity index (χ3n) is 3.24. The van der Waals surface area contributed by atoms with Gasteiger partial charge in [0.15, 0.2) is 0 Å². The van der Waals surface area contributed by atoms with Gasteiger partial charge >= 0.3 is 6.09 Å². The van der Waals surface area contributed by atoms with Crippen molar-refractivity contribution in [1.82, 2.24) is 0 Å². The van der Waals surface area contributed by atoms with Crippen LogP contribution in [-0.4, -0.2) is 17.6 Å². The lowest BCUT2D eigenvalue weighted by Gasteiger charge is -2.19. The normalized spacial score (nSPS) is 11.2. The molecule has 2 aromatic rings. The molecule has 0 bridgehead atoms. The van der Waals surface area contributed by atoms with Gasteiger partial charge in [0.2, 0.25) is 5.91 Å². The van der Waals surface area contributed by atoms with Crippen LogP contribution < -0.4 is 10.6 Å². The number of rotatable bonds is 4. The third-order valence-corrected chi connectivity index (χ3v) is 3.24.